The van der Waals surface area contributed by atoms with E-state index in [0.717, 1.165) is 15.2 Å². The molecule has 0 aliphatic carbocycles. The predicted molar refractivity (Wildman–Crippen MR) is 89.0 cm³/mol. The van der Waals surface area contributed by atoms with Gasteiger partial charge in [0.05, 0.1) is 0 Å². The highest BCUT2D eigenvalue weighted by Gasteiger charge is 2.09. The molecule has 0 radical (unpaired) electrons. The first-order valence-corrected chi connectivity index (χ1v) is 9.32. The lowest BCUT2D eigenvalue weighted by molar-refractivity contribution is 0.584. The number of aryl methyl sites for hydroxylation is 1. The van der Waals surface area contributed by atoms with Crippen molar-refractivity contribution in [3.8, 4) is 0 Å². The monoisotopic (exact) mass is 325 g/mol. The highest BCUT2D eigenvalue weighted by molar-refractivity contribution is 8.03. The Hall–Kier alpha value is -0.560. The molecule has 1 aromatic heterocycles. The molecule has 1 heterocycles. The van der Waals surface area contributed by atoms with Crippen LogP contribution in [0.25, 0.3) is 0 Å². The summed E-state index contributed by atoms with van der Waals surface area (Å²) >= 11 is 4.99. The summed E-state index contributed by atoms with van der Waals surface area (Å²) < 4.78 is 2.02. The van der Waals surface area contributed by atoms with Gasteiger partial charge in [-0.3, -0.25) is 0 Å². The van der Waals surface area contributed by atoms with Crippen LogP contribution in [0.15, 0.2) is 31.8 Å². The van der Waals surface area contributed by atoms with E-state index in [1.807, 2.05) is 6.26 Å². The van der Waals surface area contributed by atoms with E-state index in [2.05, 4.69) is 54.5 Å². The summed E-state index contributed by atoms with van der Waals surface area (Å²) in [5.74, 6) is 0. The lowest BCUT2D eigenvalue weighted by atomic mass is 10.1. The third-order valence-electron chi connectivity index (χ3n) is 2.68. The minimum atomic E-state index is 0.484. The van der Waals surface area contributed by atoms with E-state index >= 15 is 0 Å². The lowest BCUT2D eigenvalue weighted by Gasteiger charge is -2.12. The van der Waals surface area contributed by atoms with Crippen LogP contribution in [0.1, 0.15) is 25.0 Å². The minimum absolute atomic E-state index is 0.484. The molecular formula is C14H19N3S3. The van der Waals surface area contributed by atoms with Crippen LogP contribution < -0.4 is 5.32 Å². The summed E-state index contributed by atoms with van der Waals surface area (Å²) in [6.07, 6.45) is 2.03. The molecule has 0 aliphatic heterocycles. The molecule has 0 fully saturated rings. The molecule has 0 unspecified atom stereocenters. The molecule has 0 amide bonds. The van der Waals surface area contributed by atoms with Crippen molar-refractivity contribution in [2.45, 2.75) is 46.9 Å². The molecule has 20 heavy (non-hydrogen) atoms. The number of nitrogens with one attached hydrogen (secondary N) is 1. The maximum absolute atomic E-state index is 4.23. The molecule has 0 aliphatic rings. The van der Waals surface area contributed by atoms with Gasteiger partial charge >= 0.3 is 0 Å². The van der Waals surface area contributed by atoms with Crippen molar-refractivity contribution in [3.05, 3.63) is 29.3 Å². The fraction of sp³-hybridized carbons (Fsp3) is 0.429. The van der Waals surface area contributed by atoms with E-state index in [4.69, 9.17) is 0 Å². The number of benzene rings is 1. The standard InChI is InChI=1S/C14H19N3S3/c1-9(2)15-8-11-7-10(3)5-6-12(11)19-14-17-16-13(18-4)20-14/h5-7,9,15H,8H2,1-4H3. The van der Waals surface area contributed by atoms with E-state index in [-0.39, 0.29) is 0 Å². The number of thioether (sulfide) groups is 1. The second-order valence-electron chi connectivity index (χ2n) is 4.79. The van der Waals surface area contributed by atoms with Gasteiger partial charge in [0.25, 0.3) is 0 Å². The van der Waals surface area contributed by atoms with Crippen molar-refractivity contribution in [1.82, 2.24) is 15.5 Å². The van der Waals surface area contributed by atoms with Crippen molar-refractivity contribution in [2.24, 2.45) is 0 Å². The number of rotatable bonds is 6. The summed E-state index contributed by atoms with van der Waals surface area (Å²) in [6, 6.07) is 7.06. The zero-order chi connectivity index (χ0) is 14.5. The van der Waals surface area contributed by atoms with Crippen LogP contribution in [-0.4, -0.2) is 22.5 Å². The Morgan fingerprint density at radius 2 is 2.00 bits per heavy atom. The molecule has 1 N–H and O–H groups in total. The second-order valence-corrected chi connectivity index (χ2v) is 8.11. The van der Waals surface area contributed by atoms with Crippen LogP contribution in [0.2, 0.25) is 0 Å². The maximum atomic E-state index is 4.23. The normalized spacial score (nSPS) is 11.2. The molecule has 3 nitrogen and oxygen atoms in total. The molecule has 0 saturated heterocycles. The molecule has 2 aromatic rings. The number of hydrogen-bond acceptors (Lipinski definition) is 6. The molecule has 0 atom stereocenters. The van der Waals surface area contributed by atoms with Crippen molar-refractivity contribution in [3.63, 3.8) is 0 Å². The average molecular weight is 326 g/mol. The summed E-state index contributed by atoms with van der Waals surface area (Å²) in [6.45, 7) is 7.34. The van der Waals surface area contributed by atoms with Gasteiger partial charge < -0.3 is 5.32 Å². The van der Waals surface area contributed by atoms with Gasteiger partial charge in [-0.1, -0.05) is 66.4 Å². The van der Waals surface area contributed by atoms with E-state index in [1.165, 1.54) is 16.0 Å². The van der Waals surface area contributed by atoms with Crippen LogP contribution in [0.5, 0.6) is 0 Å². The SMILES string of the molecule is CSc1nnc(Sc2ccc(C)cc2CNC(C)C)s1. The lowest BCUT2D eigenvalue weighted by Crippen LogP contribution is -2.22. The number of nitrogens with zero attached hydrogens (tertiary/aromatic N) is 2. The minimum Gasteiger partial charge on any atom is -0.310 e. The predicted octanol–water partition coefficient (Wildman–Crippen LogP) is 4.22. The molecule has 0 spiro atoms. The Kier molecular flexibility index (Phi) is 5.89. The van der Waals surface area contributed by atoms with Gasteiger partial charge in [0, 0.05) is 17.5 Å². The Morgan fingerprint density at radius 1 is 1.25 bits per heavy atom. The van der Waals surface area contributed by atoms with E-state index in [1.54, 1.807) is 34.9 Å². The van der Waals surface area contributed by atoms with Gasteiger partial charge in [0.2, 0.25) is 0 Å². The first-order valence-electron chi connectivity index (χ1n) is 6.46. The summed E-state index contributed by atoms with van der Waals surface area (Å²) in [7, 11) is 0. The van der Waals surface area contributed by atoms with Crippen LogP contribution in [0, 0.1) is 6.92 Å². The molecule has 2 rings (SSSR count). The third kappa shape index (κ3) is 4.48. The zero-order valence-corrected chi connectivity index (χ0v) is 14.6. The summed E-state index contributed by atoms with van der Waals surface area (Å²) in [4.78, 5) is 1.26. The molecule has 6 heteroatoms. The van der Waals surface area contributed by atoms with Gasteiger partial charge in [0.15, 0.2) is 8.68 Å². The van der Waals surface area contributed by atoms with E-state index in [9.17, 15) is 0 Å². The Morgan fingerprint density at radius 3 is 2.65 bits per heavy atom. The van der Waals surface area contributed by atoms with Crippen molar-refractivity contribution in [2.75, 3.05) is 6.26 Å². The maximum Gasteiger partial charge on any atom is 0.179 e. The zero-order valence-electron chi connectivity index (χ0n) is 12.1. The van der Waals surface area contributed by atoms with Gasteiger partial charge in [-0.25, -0.2) is 0 Å². The van der Waals surface area contributed by atoms with Crippen LogP contribution in [0.3, 0.4) is 0 Å². The van der Waals surface area contributed by atoms with Crippen molar-refractivity contribution < 1.29 is 0 Å². The second kappa shape index (κ2) is 7.45. The smallest absolute Gasteiger partial charge is 0.179 e. The Labute approximate surface area is 133 Å². The highest BCUT2D eigenvalue weighted by Crippen LogP contribution is 2.34. The number of aromatic nitrogens is 2. The van der Waals surface area contributed by atoms with Gasteiger partial charge in [-0.05, 0) is 24.8 Å². The first kappa shape index (κ1) is 15.8. The van der Waals surface area contributed by atoms with Crippen molar-refractivity contribution in [1.29, 1.82) is 0 Å². The molecule has 108 valence electrons. The largest absolute Gasteiger partial charge is 0.310 e. The topological polar surface area (TPSA) is 37.8 Å². The number of hydrogen-bond donors (Lipinski definition) is 1. The molecule has 0 saturated carbocycles. The van der Waals surface area contributed by atoms with Gasteiger partial charge in [-0.2, -0.15) is 0 Å². The van der Waals surface area contributed by atoms with Gasteiger partial charge in [0.1, 0.15) is 0 Å². The Balaban J connectivity index is 2.17. The average Bonchev–Trinajstić information content (AvgIpc) is 2.86. The van der Waals surface area contributed by atoms with Gasteiger partial charge in [-0.15, -0.1) is 10.2 Å². The summed E-state index contributed by atoms with van der Waals surface area (Å²) in [5, 5.41) is 11.9. The highest BCUT2D eigenvalue weighted by atomic mass is 32.2. The molecule has 1 aromatic carbocycles. The van der Waals surface area contributed by atoms with E-state index in [0.29, 0.717) is 6.04 Å². The van der Waals surface area contributed by atoms with Crippen LogP contribution in [-0.2, 0) is 6.54 Å². The molecular weight excluding hydrogens is 306 g/mol. The van der Waals surface area contributed by atoms with Crippen molar-refractivity contribution >= 4 is 34.9 Å². The Bertz CT molecular complexity index is 567. The third-order valence-corrected chi connectivity index (χ3v) is 5.74. The van der Waals surface area contributed by atoms with Crippen LogP contribution >= 0.6 is 34.9 Å². The summed E-state index contributed by atoms with van der Waals surface area (Å²) in [5.41, 5.74) is 2.61. The molecule has 0 bridgehead atoms. The van der Waals surface area contributed by atoms with Crippen LogP contribution in [0.4, 0.5) is 0 Å². The quantitative estimate of drug-likeness (QED) is 0.805. The van der Waals surface area contributed by atoms with E-state index < -0.39 is 0 Å². The first-order chi connectivity index (χ1) is 9.58. The fourth-order valence-corrected chi connectivity index (χ4v) is 4.18. The fourth-order valence-electron chi connectivity index (χ4n) is 1.67.